The summed E-state index contributed by atoms with van der Waals surface area (Å²) in [7, 11) is 0. The number of nitrogen functional groups attached to an aromatic ring is 1. The molecule has 1 heterocycles. The van der Waals surface area contributed by atoms with Gasteiger partial charge >= 0.3 is 0 Å². The molecule has 2 unspecified atom stereocenters. The van der Waals surface area contributed by atoms with E-state index in [1.807, 2.05) is 23.1 Å². The van der Waals surface area contributed by atoms with Gasteiger partial charge in [0.15, 0.2) is 0 Å². The molecule has 0 bridgehead atoms. The van der Waals surface area contributed by atoms with Crippen molar-refractivity contribution in [1.29, 1.82) is 0 Å². The zero-order valence-electron chi connectivity index (χ0n) is 10.5. The molecule has 2 rings (SSSR count). The normalized spacial score (nSPS) is 24.7. The molecule has 1 aliphatic heterocycles. The highest BCUT2D eigenvalue weighted by atomic mass is 16.2. The predicted octanol–water partition coefficient (Wildman–Crippen LogP) is 2.39. The van der Waals surface area contributed by atoms with Crippen LogP contribution in [0.25, 0.3) is 0 Å². The molecule has 1 fully saturated rings. The third kappa shape index (κ3) is 2.60. The summed E-state index contributed by atoms with van der Waals surface area (Å²) in [6, 6.07) is 7.31. The molecular weight excluding hydrogens is 212 g/mol. The summed E-state index contributed by atoms with van der Waals surface area (Å²) in [5.74, 6) is 1.22. The van der Waals surface area contributed by atoms with E-state index in [0.717, 1.165) is 13.1 Å². The molecule has 3 nitrogen and oxygen atoms in total. The van der Waals surface area contributed by atoms with Crippen LogP contribution >= 0.6 is 0 Å². The van der Waals surface area contributed by atoms with Crippen LogP contribution in [0.5, 0.6) is 0 Å². The average molecular weight is 232 g/mol. The standard InChI is InChI=1S/C14H20N2O/c1-10-7-11(2)9-16(8-10)14(17)12-5-3-4-6-13(12)15/h3-6,10-11H,7-9,15H2,1-2H3. The Bertz CT molecular complexity index is 406. The van der Waals surface area contributed by atoms with Gasteiger partial charge in [0.05, 0.1) is 5.56 Å². The summed E-state index contributed by atoms with van der Waals surface area (Å²) in [6.45, 7) is 6.09. The molecule has 1 amide bonds. The van der Waals surface area contributed by atoms with E-state index in [0.29, 0.717) is 23.1 Å². The van der Waals surface area contributed by atoms with Gasteiger partial charge in [-0.2, -0.15) is 0 Å². The number of nitrogens with two attached hydrogens (primary N) is 1. The van der Waals surface area contributed by atoms with Crippen molar-refractivity contribution in [2.24, 2.45) is 11.8 Å². The molecule has 17 heavy (non-hydrogen) atoms. The van der Waals surface area contributed by atoms with Crippen LogP contribution in [0.2, 0.25) is 0 Å². The van der Waals surface area contributed by atoms with Gasteiger partial charge in [-0.1, -0.05) is 26.0 Å². The fourth-order valence-electron chi connectivity index (χ4n) is 2.69. The van der Waals surface area contributed by atoms with Gasteiger partial charge < -0.3 is 10.6 Å². The molecule has 2 N–H and O–H groups in total. The van der Waals surface area contributed by atoms with Crippen LogP contribution in [0.15, 0.2) is 24.3 Å². The van der Waals surface area contributed by atoms with Gasteiger partial charge in [-0.05, 0) is 30.4 Å². The SMILES string of the molecule is CC1CC(C)CN(C(=O)c2ccccc2N)C1. The molecule has 0 saturated carbocycles. The van der Waals surface area contributed by atoms with Gasteiger partial charge in [-0.3, -0.25) is 4.79 Å². The Morgan fingerprint density at radius 1 is 1.24 bits per heavy atom. The van der Waals surface area contributed by atoms with Crippen molar-refractivity contribution in [1.82, 2.24) is 4.90 Å². The minimum Gasteiger partial charge on any atom is -0.398 e. The van der Waals surface area contributed by atoms with E-state index < -0.39 is 0 Å². The van der Waals surface area contributed by atoms with E-state index in [4.69, 9.17) is 5.73 Å². The predicted molar refractivity (Wildman–Crippen MR) is 69.7 cm³/mol. The van der Waals surface area contributed by atoms with Crippen LogP contribution in [-0.2, 0) is 0 Å². The minimum atomic E-state index is 0.0708. The summed E-state index contributed by atoms with van der Waals surface area (Å²) in [5.41, 5.74) is 7.06. The summed E-state index contributed by atoms with van der Waals surface area (Å²) < 4.78 is 0. The van der Waals surface area contributed by atoms with Crippen LogP contribution in [-0.4, -0.2) is 23.9 Å². The van der Waals surface area contributed by atoms with E-state index in [2.05, 4.69) is 13.8 Å². The van der Waals surface area contributed by atoms with Gasteiger partial charge in [0.1, 0.15) is 0 Å². The van der Waals surface area contributed by atoms with Crippen molar-refractivity contribution in [3.05, 3.63) is 29.8 Å². The Labute approximate surface area is 103 Å². The largest absolute Gasteiger partial charge is 0.398 e. The Morgan fingerprint density at radius 2 is 1.82 bits per heavy atom. The van der Waals surface area contributed by atoms with Crippen molar-refractivity contribution in [2.75, 3.05) is 18.8 Å². The Hall–Kier alpha value is -1.51. The van der Waals surface area contributed by atoms with Crippen molar-refractivity contribution in [2.45, 2.75) is 20.3 Å². The van der Waals surface area contributed by atoms with E-state index in [1.54, 1.807) is 6.07 Å². The fourth-order valence-corrected chi connectivity index (χ4v) is 2.69. The summed E-state index contributed by atoms with van der Waals surface area (Å²) in [6.07, 6.45) is 1.20. The van der Waals surface area contributed by atoms with Gasteiger partial charge in [0, 0.05) is 18.8 Å². The zero-order chi connectivity index (χ0) is 12.4. The van der Waals surface area contributed by atoms with E-state index in [-0.39, 0.29) is 5.91 Å². The summed E-state index contributed by atoms with van der Waals surface area (Å²) in [4.78, 5) is 14.3. The lowest BCUT2D eigenvalue weighted by atomic mass is 9.91. The lowest BCUT2D eigenvalue weighted by Crippen LogP contribution is -2.42. The number of anilines is 1. The molecule has 3 heteroatoms. The minimum absolute atomic E-state index is 0.0708. The lowest BCUT2D eigenvalue weighted by molar-refractivity contribution is 0.0624. The first-order chi connectivity index (χ1) is 8.08. The number of para-hydroxylation sites is 1. The van der Waals surface area contributed by atoms with E-state index >= 15 is 0 Å². The molecule has 0 radical (unpaired) electrons. The number of amides is 1. The zero-order valence-corrected chi connectivity index (χ0v) is 10.5. The number of hydrogen-bond donors (Lipinski definition) is 1. The number of likely N-dealkylation sites (tertiary alicyclic amines) is 1. The number of piperidine rings is 1. The van der Waals surface area contributed by atoms with Gasteiger partial charge in [0.25, 0.3) is 5.91 Å². The Morgan fingerprint density at radius 3 is 2.41 bits per heavy atom. The topological polar surface area (TPSA) is 46.3 Å². The molecule has 0 aromatic heterocycles. The van der Waals surface area contributed by atoms with Crippen LogP contribution in [0, 0.1) is 11.8 Å². The number of hydrogen-bond acceptors (Lipinski definition) is 2. The second-order valence-electron chi connectivity index (χ2n) is 5.24. The van der Waals surface area contributed by atoms with Crippen molar-refractivity contribution in [3.8, 4) is 0 Å². The fraction of sp³-hybridized carbons (Fsp3) is 0.500. The monoisotopic (exact) mass is 232 g/mol. The third-order valence-corrected chi connectivity index (χ3v) is 3.35. The molecular formula is C14H20N2O. The maximum atomic E-state index is 12.4. The number of rotatable bonds is 1. The second-order valence-corrected chi connectivity index (χ2v) is 5.24. The number of carbonyl (C=O) groups is 1. The highest BCUT2D eigenvalue weighted by Gasteiger charge is 2.26. The second kappa shape index (κ2) is 4.78. The van der Waals surface area contributed by atoms with Crippen LogP contribution in [0.4, 0.5) is 5.69 Å². The van der Waals surface area contributed by atoms with Crippen LogP contribution in [0.1, 0.15) is 30.6 Å². The molecule has 2 atom stereocenters. The molecule has 1 aliphatic rings. The molecule has 92 valence electrons. The molecule has 0 aliphatic carbocycles. The molecule has 1 saturated heterocycles. The number of nitrogens with zero attached hydrogens (tertiary/aromatic N) is 1. The van der Waals surface area contributed by atoms with Crippen molar-refractivity contribution < 1.29 is 4.79 Å². The molecule has 1 aromatic rings. The first-order valence-corrected chi connectivity index (χ1v) is 6.21. The third-order valence-electron chi connectivity index (χ3n) is 3.35. The first-order valence-electron chi connectivity index (χ1n) is 6.21. The quantitative estimate of drug-likeness (QED) is 0.756. The number of carbonyl (C=O) groups excluding carboxylic acids is 1. The number of benzene rings is 1. The summed E-state index contributed by atoms with van der Waals surface area (Å²) >= 11 is 0. The Kier molecular flexibility index (Phi) is 3.36. The smallest absolute Gasteiger partial charge is 0.255 e. The van der Waals surface area contributed by atoms with Crippen LogP contribution in [0.3, 0.4) is 0 Å². The highest BCUT2D eigenvalue weighted by Crippen LogP contribution is 2.23. The van der Waals surface area contributed by atoms with Crippen LogP contribution < -0.4 is 5.73 Å². The summed E-state index contributed by atoms with van der Waals surface area (Å²) in [5, 5.41) is 0. The first kappa shape index (κ1) is 12.0. The van der Waals surface area contributed by atoms with E-state index in [1.165, 1.54) is 6.42 Å². The maximum absolute atomic E-state index is 12.4. The highest BCUT2D eigenvalue weighted by molar-refractivity contribution is 5.99. The van der Waals surface area contributed by atoms with E-state index in [9.17, 15) is 4.79 Å². The molecule has 0 spiro atoms. The van der Waals surface area contributed by atoms with Gasteiger partial charge in [-0.15, -0.1) is 0 Å². The van der Waals surface area contributed by atoms with Gasteiger partial charge in [0.2, 0.25) is 0 Å². The average Bonchev–Trinajstić information content (AvgIpc) is 2.27. The van der Waals surface area contributed by atoms with Crippen molar-refractivity contribution in [3.63, 3.8) is 0 Å². The maximum Gasteiger partial charge on any atom is 0.255 e. The lowest BCUT2D eigenvalue weighted by Gasteiger charge is -2.35. The Balaban J connectivity index is 2.17. The molecule has 1 aromatic carbocycles. The van der Waals surface area contributed by atoms with Crippen molar-refractivity contribution >= 4 is 11.6 Å². The van der Waals surface area contributed by atoms with Gasteiger partial charge in [-0.25, -0.2) is 0 Å².